The number of thiophene rings is 1. The number of benzene rings is 2. The van der Waals surface area contributed by atoms with Gasteiger partial charge in [0.15, 0.2) is 0 Å². The second kappa shape index (κ2) is 6.46. The van der Waals surface area contributed by atoms with Crippen molar-refractivity contribution in [2.24, 2.45) is 0 Å². The van der Waals surface area contributed by atoms with Crippen molar-refractivity contribution in [1.82, 2.24) is 0 Å². The predicted molar refractivity (Wildman–Crippen MR) is 96.0 cm³/mol. The summed E-state index contributed by atoms with van der Waals surface area (Å²) < 4.78 is 1.16. The van der Waals surface area contributed by atoms with Gasteiger partial charge in [0, 0.05) is 27.1 Å². The van der Waals surface area contributed by atoms with Crippen LogP contribution in [0.1, 0.15) is 11.1 Å². The predicted octanol–water partition coefficient (Wildman–Crippen LogP) is 6.10. The molecule has 106 valence electrons. The van der Waals surface area contributed by atoms with Gasteiger partial charge < -0.3 is 5.32 Å². The molecule has 0 radical (unpaired) electrons. The van der Waals surface area contributed by atoms with Gasteiger partial charge in [0.25, 0.3) is 0 Å². The Kier molecular flexibility index (Phi) is 4.42. The van der Waals surface area contributed by atoms with E-state index in [4.69, 9.17) is 0 Å². The zero-order valence-corrected chi connectivity index (χ0v) is 14.2. The minimum atomic E-state index is 0.830. The molecule has 1 aromatic heterocycles. The lowest BCUT2D eigenvalue weighted by Gasteiger charge is -2.12. The number of hydrogen-bond acceptors (Lipinski definition) is 2. The Morgan fingerprint density at radius 1 is 1.05 bits per heavy atom. The second-order valence-corrected chi connectivity index (χ2v) is 6.76. The lowest BCUT2D eigenvalue weighted by atomic mass is 10.1. The van der Waals surface area contributed by atoms with E-state index in [2.05, 4.69) is 88.1 Å². The first-order valence-electron chi connectivity index (χ1n) is 6.86. The van der Waals surface area contributed by atoms with Gasteiger partial charge in [-0.2, -0.15) is 0 Å². The maximum atomic E-state index is 3.56. The summed E-state index contributed by atoms with van der Waals surface area (Å²) in [6.45, 7) is 2.95. The normalized spacial score (nSPS) is 10.6. The number of hydrogen-bond donors (Lipinski definition) is 1. The molecule has 3 aromatic rings. The van der Waals surface area contributed by atoms with Gasteiger partial charge in [-0.25, -0.2) is 0 Å². The van der Waals surface area contributed by atoms with Crippen molar-refractivity contribution in [3.05, 3.63) is 75.6 Å². The fraction of sp³-hybridized carbons (Fsp3) is 0.111. The van der Waals surface area contributed by atoms with E-state index in [1.54, 1.807) is 11.3 Å². The molecule has 0 fully saturated rings. The molecule has 0 aliphatic heterocycles. The lowest BCUT2D eigenvalue weighted by molar-refractivity contribution is 1.14. The van der Waals surface area contributed by atoms with Gasteiger partial charge in [0.2, 0.25) is 0 Å². The van der Waals surface area contributed by atoms with Crippen LogP contribution in [0.4, 0.5) is 5.69 Å². The van der Waals surface area contributed by atoms with Gasteiger partial charge in [-0.1, -0.05) is 52.3 Å². The van der Waals surface area contributed by atoms with Crippen LogP contribution in [0.25, 0.3) is 10.4 Å². The molecule has 0 saturated heterocycles. The van der Waals surface area contributed by atoms with Crippen molar-refractivity contribution in [1.29, 1.82) is 0 Å². The molecule has 0 amide bonds. The summed E-state index contributed by atoms with van der Waals surface area (Å²) in [7, 11) is 0. The number of anilines is 1. The lowest BCUT2D eigenvalue weighted by Crippen LogP contribution is -2.01. The Morgan fingerprint density at radius 2 is 1.90 bits per heavy atom. The summed E-state index contributed by atoms with van der Waals surface area (Å²) >= 11 is 5.31. The van der Waals surface area contributed by atoms with Crippen LogP contribution in [0.2, 0.25) is 0 Å². The van der Waals surface area contributed by atoms with Crippen LogP contribution in [-0.4, -0.2) is 0 Å². The van der Waals surface area contributed by atoms with Crippen LogP contribution >= 0.6 is 27.3 Å². The van der Waals surface area contributed by atoms with Gasteiger partial charge in [-0.05, 0) is 41.6 Å². The Labute approximate surface area is 137 Å². The summed E-state index contributed by atoms with van der Waals surface area (Å²) in [6.07, 6.45) is 0. The molecule has 0 saturated carbocycles. The molecule has 1 N–H and O–H groups in total. The highest BCUT2D eigenvalue weighted by molar-refractivity contribution is 9.10. The Hall–Kier alpha value is -1.58. The second-order valence-electron chi connectivity index (χ2n) is 4.96. The van der Waals surface area contributed by atoms with Crippen LogP contribution in [-0.2, 0) is 6.54 Å². The molecule has 0 atom stereocenters. The van der Waals surface area contributed by atoms with E-state index < -0.39 is 0 Å². The molecule has 0 aliphatic carbocycles. The van der Waals surface area contributed by atoms with Gasteiger partial charge in [0.05, 0.1) is 0 Å². The highest BCUT2D eigenvalue weighted by Crippen LogP contribution is 2.31. The standard InChI is InChI=1S/C18H16BrNS/c1-13-11-14(8-9-16(13)19)12-20-17-6-3-2-5-15(17)18-7-4-10-21-18/h2-11,20H,12H2,1H3. The zero-order valence-electron chi connectivity index (χ0n) is 11.8. The molecule has 3 heteroatoms. The first kappa shape index (κ1) is 14.4. The van der Waals surface area contributed by atoms with Crippen molar-refractivity contribution >= 4 is 33.0 Å². The highest BCUT2D eigenvalue weighted by Gasteiger charge is 2.05. The van der Waals surface area contributed by atoms with Gasteiger partial charge in [-0.3, -0.25) is 0 Å². The number of halogens is 1. The number of rotatable bonds is 4. The average Bonchev–Trinajstić information content (AvgIpc) is 3.03. The summed E-state index contributed by atoms with van der Waals surface area (Å²) in [6, 6.07) is 19.2. The Bertz CT molecular complexity index is 735. The van der Waals surface area contributed by atoms with E-state index in [-0.39, 0.29) is 0 Å². The summed E-state index contributed by atoms with van der Waals surface area (Å²) in [5.74, 6) is 0. The molecule has 1 nitrogen and oxygen atoms in total. The molecule has 0 aliphatic rings. The number of para-hydroxylation sites is 1. The quantitative estimate of drug-likeness (QED) is 0.594. The molecule has 3 rings (SSSR count). The fourth-order valence-corrected chi connectivity index (χ4v) is 3.31. The van der Waals surface area contributed by atoms with E-state index in [0.717, 1.165) is 11.0 Å². The van der Waals surface area contributed by atoms with Gasteiger partial charge >= 0.3 is 0 Å². The zero-order chi connectivity index (χ0) is 14.7. The average molecular weight is 358 g/mol. The molecule has 2 aromatic carbocycles. The SMILES string of the molecule is Cc1cc(CNc2ccccc2-c2cccs2)ccc1Br. The Morgan fingerprint density at radius 3 is 2.67 bits per heavy atom. The molecule has 0 spiro atoms. The summed E-state index contributed by atoms with van der Waals surface area (Å²) in [5.41, 5.74) is 5.00. The van der Waals surface area contributed by atoms with Crippen molar-refractivity contribution in [3.63, 3.8) is 0 Å². The first-order chi connectivity index (χ1) is 10.2. The fourth-order valence-electron chi connectivity index (χ4n) is 2.30. The number of nitrogens with one attached hydrogen (secondary N) is 1. The van der Waals surface area contributed by atoms with Crippen LogP contribution in [0.5, 0.6) is 0 Å². The van der Waals surface area contributed by atoms with E-state index in [9.17, 15) is 0 Å². The maximum Gasteiger partial charge on any atom is 0.0430 e. The van der Waals surface area contributed by atoms with E-state index in [1.807, 2.05) is 0 Å². The van der Waals surface area contributed by atoms with Gasteiger partial charge in [0.1, 0.15) is 0 Å². The third-order valence-corrected chi connectivity index (χ3v) is 5.21. The maximum absolute atomic E-state index is 3.56. The van der Waals surface area contributed by atoms with Gasteiger partial charge in [-0.15, -0.1) is 11.3 Å². The molecule has 0 unspecified atom stereocenters. The summed E-state index contributed by atoms with van der Waals surface area (Å²) in [4.78, 5) is 1.30. The van der Waals surface area contributed by atoms with Crippen LogP contribution in [0.15, 0.2) is 64.5 Å². The van der Waals surface area contributed by atoms with Crippen molar-refractivity contribution < 1.29 is 0 Å². The topological polar surface area (TPSA) is 12.0 Å². The molecule has 1 heterocycles. The monoisotopic (exact) mass is 357 g/mol. The largest absolute Gasteiger partial charge is 0.380 e. The van der Waals surface area contributed by atoms with E-state index in [0.29, 0.717) is 0 Å². The van der Waals surface area contributed by atoms with Crippen LogP contribution in [0, 0.1) is 6.92 Å². The Balaban J connectivity index is 1.81. The smallest absolute Gasteiger partial charge is 0.0430 e. The minimum absolute atomic E-state index is 0.830. The van der Waals surface area contributed by atoms with Crippen molar-refractivity contribution in [3.8, 4) is 10.4 Å². The van der Waals surface area contributed by atoms with Crippen molar-refractivity contribution in [2.45, 2.75) is 13.5 Å². The molecule has 0 bridgehead atoms. The number of aryl methyl sites for hydroxylation is 1. The third-order valence-electron chi connectivity index (χ3n) is 3.42. The molecule has 21 heavy (non-hydrogen) atoms. The van der Waals surface area contributed by atoms with Crippen LogP contribution < -0.4 is 5.32 Å². The highest BCUT2D eigenvalue weighted by atomic mass is 79.9. The first-order valence-corrected chi connectivity index (χ1v) is 8.53. The van der Waals surface area contributed by atoms with Crippen molar-refractivity contribution in [2.75, 3.05) is 5.32 Å². The van der Waals surface area contributed by atoms with Crippen LogP contribution in [0.3, 0.4) is 0 Å². The molecular weight excluding hydrogens is 342 g/mol. The molecular formula is C18H16BrNS. The van der Waals surface area contributed by atoms with E-state index in [1.165, 1.54) is 27.3 Å². The third kappa shape index (κ3) is 3.36. The van der Waals surface area contributed by atoms with E-state index >= 15 is 0 Å². The summed E-state index contributed by atoms with van der Waals surface area (Å²) in [5, 5.41) is 5.67. The minimum Gasteiger partial charge on any atom is -0.380 e.